The van der Waals surface area contributed by atoms with Crippen LogP contribution in [0.2, 0.25) is 0 Å². The van der Waals surface area contributed by atoms with Gasteiger partial charge in [-0.05, 0) is 151 Å². The van der Waals surface area contributed by atoms with Crippen LogP contribution in [0.1, 0.15) is 115 Å². The highest BCUT2D eigenvalue weighted by atomic mass is 16.5. The number of benzene rings is 8. The highest BCUT2D eigenvalue weighted by molar-refractivity contribution is 6.10. The normalized spacial score (nSPS) is 14.0. The number of rotatable bonds is 8. The van der Waals surface area contributed by atoms with Gasteiger partial charge in [-0.1, -0.05) is 180 Å². The number of hydrogen-bond acceptors (Lipinski definition) is 4. The molecule has 0 bridgehead atoms. The van der Waals surface area contributed by atoms with Crippen molar-refractivity contribution in [1.82, 2.24) is 9.55 Å². The fraction of sp³-hybridized carbons (Fsp3) is 0.254. The summed E-state index contributed by atoms with van der Waals surface area (Å²) in [4.78, 5) is 9.64. The summed E-state index contributed by atoms with van der Waals surface area (Å²) in [6.45, 7) is 25.5. The number of fused-ring (bicyclic) bond motifs is 4. The molecule has 0 radical (unpaired) electrons. The van der Waals surface area contributed by atoms with E-state index in [2.05, 4.69) is 249 Å². The van der Waals surface area contributed by atoms with E-state index in [1.165, 1.54) is 50.1 Å². The van der Waals surface area contributed by atoms with Gasteiger partial charge in [-0.25, -0.2) is 4.98 Å². The van der Waals surface area contributed by atoms with Crippen LogP contribution in [0, 0.1) is 6.85 Å². The van der Waals surface area contributed by atoms with Crippen molar-refractivity contribution in [1.29, 1.82) is 0 Å². The highest BCUT2D eigenvalue weighted by Crippen LogP contribution is 2.52. The molecule has 0 saturated heterocycles. The van der Waals surface area contributed by atoms with Crippen molar-refractivity contribution in [3.8, 4) is 50.7 Å². The summed E-state index contributed by atoms with van der Waals surface area (Å²) in [6, 6.07) is 65.2. The molecular weight excluding hydrogens is 925 g/mol. The summed E-state index contributed by atoms with van der Waals surface area (Å²) in [5, 5.41) is 2.09. The number of aryl methyl sites for hydroxylation is 1. The van der Waals surface area contributed by atoms with Crippen LogP contribution in [-0.2, 0) is 21.7 Å². The van der Waals surface area contributed by atoms with Crippen molar-refractivity contribution >= 4 is 44.6 Å². The van der Waals surface area contributed by atoms with Gasteiger partial charge < -0.3 is 14.5 Å². The van der Waals surface area contributed by atoms with E-state index < -0.39 is 6.85 Å². The van der Waals surface area contributed by atoms with Gasteiger partial charge in [-0.15, -0.1) is 0 Å². The Kier molecular flexibility index (Phi) is 11.5. The van der Waals surface area contributed by atoms with Gasteiger partial charge in [-0.3, -0.25) is 4.57 Å². The number of hydrogen-bond donors (Lipinski definition) is 0. The Balaban J connectivity index is 1.02. The maximum Gasteiger partial charge on any atom is 0.137 e. The Bertz CT molecular complexity index is 3950. The van der Waals surface area contributed by atoms with Crippen molar-refractivity contribution < 1.29 is 8.85 Å². The molecule has 0 aliphatic carbocycles. The van der Waals surface area contributed by atoms with Gasteiger partial charge in [0.25, 0.3) is 0 Å². The first kappa shape index (κ1) is 46.6. The van der Waals surface area contributed by atoms with Crippen LogP contribution in [0.15, 0.2) is 188 Å². The molecule has 382 valence electrons. The Morgan fingerprint density at radius 1 is 0.434 bits per heavy atom. The molecule has 5 nitrogen and oxygen atoms in total. The minimum absolute atomic E-state index is 0.0430. The predicted octanol–water partition coefficient (Wildman–Crippen LogP) is 19.7. The van der Waals surface area contributed by atoms with Crippen LogP contribution in [-0.4, -0.2) is 16.2 Å². The number of anilines is 4. The molecule has 76 heavy (non-hydrogen) atoms. The number of aromatic nitrogens is 2. The highest BCUT2D eigenvalue weighted by Gasteiger charge is 2.33. The Labute approximate surface area is 455 Å². The Hall–Kier alpha value is -7.89. The summed E-state index contributed by atoms with van der Waals surface area (Å²) in [7, 11) is 0. The molecule has 0 atom stereocenters. The van der Waals surface area contributed by atoms with Crippen LogP contribution >= 0.6 is 0 Å². The molecule has 0 N–H and O–H groups in total. The van der Waals surface area contributed by atoms with Crippen LogP contribution < -0.4 is 14.5 Å². The average molecular weight is 1000 g/mol. The summed E-state index contributed by atoms with van der Waals surface area (Å²) < 4.78 is 33.6. The van der Waals surface area contributed by atoms with Crippen molar-refractivity contribution in [2.75, 3.05) is 16.5 Å². The SMILES string of the molecule is [2H]C([2H])([2H])c1ccnc(-n2c3ccc(C(C)(C)C)cc3c3ccc(Oc4cccc(N5CN(c6c(-c7ccc(-c8cccc(C(C)(C)C)c8)cc7)cc(C(C)(C)C)cc6-c6cccc(C(C)(C)C)c6)c6ccccc65)c4)cc32)c1. The molecule has 0 amide bonds. The second-order valence-electron chi connectivity index (χ2n) is 24.9. The summed E-state index contributed by atoms with van der Waals surface area (Å²) in [6.07, 6.45) is 1.58. The van der Waals surface area contributed by atoms with E-state index in [9.17, 15) is 0 Å². The molecule has 0 saturated carbocycles. The zero-order valence-corrected chi connectivity index (χ0v) is 46.3. The quantitative estimate of drug-likeness (QED) is 0.152. The van der Waals surface area contributed by atoms with E-state index in [1.807, 2.05) is 18.2 Å². The molecule has 10 aromatic rings. The van der Waals surface area contributed by atoms with Crippen molar-refractivity contribution in [2.24, 2.45) is 0 Å². The smallest absolute Gasteiger partial charge is 0.137 e. The molecule has 5 heteroatoms. The molecule has 0 fully saturated rings. The average Bonchev–Trinajstić information content (AvgIpc) is 4.13. The van der Waals surface area contributed by atoms with Crippen LogP contribution in [0.3, 0.4) is 0 Å². The third-order valence-corrected chi connectivity index (χ3v) is 15.2. The summed E-state index contributed by atoms with van der Waals surface area (Å²) in [5.74, 6) is 1.88. The third-order valence-electron chi connectivity index (χ3n) is 15.2. The third kappa shape index (κ3) is 9.57. The Morgan fingerprint density at radius 2 is 1.03 bits per heavy atom. The lowest BCUT2D eigenvalue weighted by atomic mass is 9.80. The molecule has 1 aliphatic heterocycles. The fourth-order valence-electron chi connectivity index (χ4n) is 10.8. The topological polar surface area (TPSA) is 33.5 Å². The van der Waals surface area contributed by atoms with Gasteiger partial charge in [0.1, 0.15) is 24.0 Å². The number of pyridine rings is 1. The van der Waals surface area contributed by atoms with Crippen LogP contribution in [0.25, 0.3) is 61.0 Å². The first-order valence-corrected chi connectivity index (χ1v) is 26.8. The van der Waals surface area contributed by atoms with E-state index in [-0.39, 0.29) is 27.2 Å². The molecular formula is C71H72N4O. The Morgan fingerprint density at radius 3 is 1.70 bits per heavy atom. The lowest BCUT2D eigenvalue weighted by Gasteiger charge is -2.31. The molecule has 3 heterocycles. The van der Waals surface area contributed by atoms with E-state index >= 15 is 0 Å². The van der Waals surface area contributed by atoms with E-state index in [0.29, 0.717) is 24.0 Å². The first-order valence-electron chi connectivity index (χ1n) is 28.3. The zero-order chi connectivity index (χ0) is 56.0. The lowest BCUT2D eigenvalue weighted by molar-refractivity contribution is 0.483. The summed E-state index contributed by atoms with van der Waals surface area (Å²) in [5.41, 5.74) is 18.4. The van der Waals surface area contributed by atoms with Crippen molar-refractivity contribution in [3.63, 3.8) is 0 Å². The minimum Gasteiger partial charge on any atom is -0.457 e. The molecule has 11 rings (SSSR count). The minimum atomic E-state index is -2.28. The lowest BCUT2D eigenvalue weighted by Crippen LogP contribution is -2.25. The van der Waals surface area contributed by atoms with Gasteiger partial charge in [0.2, 0.25) is 0 Å². The largest absolute Gasteiger partial charge is 0.457 e. The van der Waals surface area contributed by atoms with Gasteiger partial charge in [-0.2, -0.15) is 0 Å². The number of para-hydroxylation sites is 2. The van der Waals surface area contributed by atoms with Gasteiger partial charge >= 0.3 is 0 Å². The van der Waals surface area contributed by atoms with Gasteiger partial charge in [0.05, 0.1) is 28.1 Å². The molecule has 0 unspecified atom stereocenters. The van der Waals surface area contributed by atoms with Gasteiger partial charge in [0, 0.05) is 50.0 Å². The molecule has 2 aromatic heterocycles. The second kappa shape index (κ2) is 18.7. The zero-order valence-electron chi connectivity index (χ0n) is 49.3. The summed E-state index contributed by atoms with van der Waals surface area (Å²) >= 11 is 0. The number of nitrogens with zero attached hydrogens (tertiary/aromatic N) is 4. The predicted molar refractivity (Wildman–Crippen MR) is 323 cm³/mol. The van der Waals surface area contributed by atoms with E-state index in [1.54, 1.807) is 18.3 Å². The van der Waals surface area contributed by atoms with Gasteiger partial charge in [0.15, 0.2) is 0 Å². The second-order valence-corrected chi connectivity index (χ2v) is 24.9. The van der Waals surface area contributed by atoms with Crippen molar-refractivity contribution in [2.45, 2.75) is 112 Å². The standard InChI is InChI=1S/C71H72N4O/c1-46-35-36-72-66(37-46)75-62-34-31-53(70(8,9)10)40-61(62)58-33-32-57(44-65(58)75)76-56-24-18-23-55(43-56)73-45-74(64-26-15-14-25-63(64)73)67-59(48-29-27-47(28-30-48)49-19-16-21-51(38-49)68(2,3)4)41-54(71(11,12)13)42-60(67)50-20-17-22-52(39-50)69(5,6)7/h14-44H,45H2,1-13H3/i1D3. The monoisotopic (exact) mass is 1000 g/mol. The maximum absolute atomic E-state index is 8.21. The first-order chi connectivity index (χ1) is 37.3. The molecule has 0 spiro atoms. The van der Waals surface area contributed by atoms with Crippen molar-refractivity contribution in [3.05, 3.63) is 216 Å². The van der Waals surface area contributed by atoms with E-state index in [0.717, 1.165) is 50.1 Å². The van der Waals surface area contributed by atoms with Crippen LogP contribution in [0.5, 0.6) is 11.5 Å². The molecule has 1 aliphatic rings. The van der Waals surface area contributed by atoms with E-state index in [4.69, 9.17) is 13.8 Å². The maximum atomic E-state index is 8.21. The van der Waals surface area contributed by atoms with Crippen LogP contribution in [0.4, 0.5) is 22.7 Å². The fourth-order valence-corrected chi connectivity index (χ4v) is 10.8. The molecule has 8 aromatic carbocycles. The number of ether oxygens (including phenoxy) is 1.